The second-order valence-corrected chi connectivity index (χ2v) is 11.2. The highest BCUT2D eigenvalue weighted by molar-refractivity contribution is 14.1. The summed E-state index contributed by atoms with van der Waals surface area (Å²) in [5.74, 6) is -0.879. The smallest absolute Gasteiger partial charge is 0.343 e. The van der Waals surface area contributed by atoms with Crippen molar-refractivity contribution in [3.63, 3.8) is 0 Å². The molecule has 0 radical (unpaired) electrons. The SMILES string of the molecule is COc1cc(C(=O)Oc2ccc(C=NNC(=O)c3[nH]c4ccc(I)cc4c3-c3ccccc3Cl)cc2OC)ccc1OC(C)=O. The third kappa shape index (κ3) is 7.10. The van der Waals surface area contributed by atoms with Gasteiger partial charge in [0.05, 0.1) is 26.0 Å². The highest BCUT2D eigenvalue weighted by Gasteiger charge is 2.21. The number of aromatic amines is 1. The minimum atomic E-state index is -0.683. The molecule has 4 aromatic carbocycles. The van der Waals surface area contributed by atoms with Crippen molar-refractivity contribution in [2.45, 2.75) is 6.92 Å². The molecule has 0 aliphatic carbocycles. The quantitative estimate of drug-likeness (QED) is 0.0547. The highest BCUT2D eigenvalue weighted by atomic mass is 127. The van der Waals surface area contributed by atoms with Gasteiger partial charge >= 0.3 is 11.9 Å². The molecule has 10 nitrogen and oxygen atoms in total. The van der Waals surface area contributed by atoms with Crippen molar-refractivity contribution in [3.8, 4) is 34.1 Å². The Morgan fingerprint density at radius 1 is 0.867 bits per heavy atom. The van der Waals surface area contributed by atoms with Crippen LogP contribution in [-0.4, -0.2) is 43.3 Å². The predicted octanol–water partition coefficient (Wildman–Crippen LogP) is 7.02. The maximum Gasteiger partial charge on any atom is 0.343 e. The van der Waals surface area contributed by atoms with Crippen molar-refractivity contribution < 1.29 is 33.3 Å². The zero-order chi connectivity index (χ0) is 32.1. The molecule has 228 valence electrons. The third-order valence-electron chi connectivity index (χ3n) is 6.55. The van der Waals surface area contributed by atoms with Gasteiger partial charge in [-0.2, -0.15) is 5.10 Å². The number of benzene rings is 4. The van der Waals surface area contributed by atoms with E-state index in [0.29, 0.717) is 21.8 Å². The summed E-state index contributed by atoms with van der Waals surface area (Å²) < 4.78 is 22.3. The molecule has 5 aromatic rings. The van der Waals surface area contributed by atoms with E-state index in [0.717, 1.165) is 20.0 Å². The maximum absolute atomic E-state index is 13.3. The predicted molar refractivity (Wildman–Crippen MR) is 179 cm³/mol. The van der Waals surface area contributed by atoms with Gasteiger partial charge in [-0.15, -0.1) is 0 Å². The first kappa shape index (κ1) is 31.5. The van der Waals surface area contributed by atoms with E-state index in [1.165, 1.54) is 45.6 Å². The summed E-state index contributed by atoms with van der Waals surface area (Å²) in [5.41, 5.74) is 5.80. The van der Waals surface area contributed by atoms with Crippen LogP contribution in [0.2, 0.25) is 5.02 Å². The summed E-state index contributed by atoms with van der Waals surface area (Å²) >= 11 is 8.74. The molecular weight excluding hydrogens is 713 g/mol. The summed E-state index contributed by atoms with van der Waals surface area (Å²) in [6.45, 7) is 1.26. The van der Waals surface area contributed by atoms with E-state index in [4.69, 9.17) is 30.5 Å². The van der Waals surface area contributed by atoms with Gasteiger partial charge in [0.2, 0.25) is 0 Å². The molecule has 12 heteroatoms. The first-order chi connectivity index (χ1) is 21.7. The first-order valence-electron chi connectivity index (χ1n) is 13.3. The minimum Gasteiger partial charge on any atom is -0.493 e. The number of carbonyl (C=O) groups is 3. The number of H-pyrrole nitrogens is 1. The number of aromatic nitrogens is 1. The number of nitrogens with one attached hydrogen (secondary N) is 2. The Hall–Kier alpha value is -4.88. The minimum absolute atomic E-state index is 0.156. The Kier molecular flexibility index (Phi) is 9.69. The molecule has 0 spiro atoms. The number of methoxy groups -OCH3 is 2. The highest BCUT2D eigenvalue weighted by Crippen LogP contribution is 2.37. The zero-order valence-corrected chi connectivity index (χ0v) is 27.1. The van der Waals surface area contributed by atoms with E-state index in [1.54, 1.807) is 24.3 Å². The van der Waals surface area contributed by atoms with Gasteiger partial charge in [0, 0.05) is 37.5 Å². The lowest BCUT2D eigenvalue weighted by atomic mass is 10.0. The molecule has 5 rings (SSSR count). The van der Waals surface area contributed by atoms with Crippen LogP contribution in [0.3, 0.4) is 0 Å². The van der Waals surface area contributed by atoms with Gasteiger partial charge in [-0.1, -0.05) is 29.8 Å². The molecule has 0 saturated heterocycles. The molecular formula is C33H25ClIN3O7. The topological polar surface area (TPSA) is 128 Å². The molecule has 1 heterocycles. The Morgan fingerprint density at radius 3 is 2.31 bits per heavy atom. The molecule has 0 saturated carbocycles. The molecule has 0 fully saturated rings. The van der Waals surface area contributed by atoms with Gasteiger partial charge in [-0.3, -0.25) is 9.59 Å². The molecule has 1 aromatic heterocycles. The number of nitrogens with zero attached hydrogens (tertiary/aromatic N) is 1. The van der Waals surface area contributed by atoms with Crippen molar-refractivity contribution >= 4 is 69.2 Å². The van der Waals surface area contributed by atoms with E-state index < -0.39 is 17.8 Å². The van der Waals surface area contributed by atoms with E-state index in [1.807, 2.05) is 36.4 Å². The number of halogens is 2. The fraction of sp³-hybridized carbons (Fsp3) is 0.0909. The lowest BCUT2D eigenvalue weighted by Crippen LogP contribution is -2.19. The van der Waals surface area contributed by atoms with Crippen LogP contribution < -0.4 is 24.4 Å². The fourth-order valence-electron chi connectivity index (χ4n) is 4.54. The largest absolute Gasteiger partial charge is 0.493 e. The van der Waals surface area contributed by atoms with Crippen molar-refractivity contribution in [2.24, 2.45) is 5.10 Å². The van der Waals surface area contributed by atoms with Gasteiger partial charge < -0.3 is 23.9 Å². The fourth-order valence-corrected chi connectivity index (χ4v) is 5.26. The number of hydrazone groups is 1. The average Bonchev–Trinajstić information content (AvgIpc) is 3.40. The number of esters is 2. The van der Waals surface area contributed by atoms with Crippen LogP contribution in [0.5, 0.6) is 23.0 Å². The number of hydrogen-bond acceptors (Lipinski definition) is 8. The van der Waals surface area contributed by atoms with E-state index in [9.17, 15) is 14.4 Å². The summed E-state index contributed by atoms with van der Waals surface area (Å²) in [6, 6.07) is 22.2. The average molecular weight is 738 g/mol. The van der Waals surface area contributed by atoms with Crippen molar-refractivity contribution in [3.05, 3.63) is 104 Å². The molecule has 0 aliphatic heterocycles. The van der Waals surface area contributed by atoms with Gasteiger partial charge in [0.25, 0.3) is 5.91 Å². The normalized spacial score (nSPS) is 11.0. The summed E-state index contributed by atoms with van der Waals surface area (Å²) in [7, 11) is 2.82. The summed E-state index contributed by atoms with van der Waals surface area (Å²) in [6.07, 6.45) is 1.44. The van der Waals surface area contributed by atoms with Crippen LogP contribution in [-0.2, 0) is 4.79 Å². The zero-order valence-electron chi connectivity index (χ0n) is 24.1. The number of ether oxygens (including phenoxy) is 4. The van der Waals surface area contributed by atoms with E-state index >= 15 is 0 Å². The van der Waals surface area contributed by atoms with Crippen molar-refractivity contribution in [2.75, 3.05) is 14.2 Å². The molecule has 0 bridgehead atoms. The maximum atomic E-state index is 13.3. The Bertz CT molecular complexity index is 1970. The number of carbonyl (C=O) groups excluding carboxylic acids is 3. The number of amides is 1. The van der Waals surface area contributed by atoms with Gasteiger partial charge in [0.15, 0.2) is 23.0 Å². The van der Waals surface area contributed by atoms with E-state index in [2.05, 4.69) is 38.1 Å². The number of hydrogen-bond donors (Lipinski definition) is 2. The van der Waals surface area contributed by atoms with Crippen LogP contribution >= 0.6 is 34.2 Å². The second-order valence-electron chi connectivity index (χ2n) is 9.50. The number of rotatable bonds is 9. The monoisotopic (exact) mass is 737 g/mol. The van der Waals surface area contributed by atoms with Crippen LogP contribution in [0.4, 0.5) is 0 Å². The Balaban J connectivity index is 1.33. The van der Waals surface area contributed by atoms with Crippen molar-refractivity contribution in [1.82, 2.24) is 10.4 Å². The molecule has 2 N–H and O–H groups in total. The van der Waals surface area contributed by atoms with Crippen LogP contribution in [0.1, 0.15) is 33.3 Å². The summed E-state index contributed by atoms with van der Waals surface area (Å²) in [4.78, 5) is 40.7. The van der Waals surface area contributed by atoms with Crippen molar-refractivity contribution in [1.29, 1.82) is 0 Å². The Morgan fingerprint density at radius 2 is 1.58 bits per heavy atom. The lowest BCUT2D eigenvalue weighted by Gasteiger charge is -2.12. The molecule has 0 unspecified atom stereocenters. The molecule has 45 heavy (non-hydrogen) atoms. The van der Waals surface area contributed by atoms with Gasteiger partial charge in [-0.25, -0.2) is 10.2 Å². The van der Waals surface area contributed by atoms with Crippen LogP contribution in [0.15, 0.2) is 84.0 Å². The lowest BCUT2D eigenvalue weighted by molar-refractivity contribution is -0.132. The second kappa shape index (κ2) is 13.8. The number of fused-ring (bicyclic) bond motifs is 1. The molecule has 0 atom stereocenters. The van der Waals surface area contributed by atoms with Gasteiger partial charge in [-0.05, 0) is 88.8 Å². The van der Waals surface area contributed by atoms with Crippen LogP contribution in [0.25, 0.3) is 22.0 Å². The molecule has 0 aliphatic rings. The van der Waals surface area contributed by atoms with E-state index in [-0.39, 0.29) is 28.6 Å². The van der Waals surface area contributed by atoms with Crippen LogP contribution in [0, 0.1) is 3.57 Å². The third-order valence-corrected chi connectivity index (χ3v) is 7.55. The Labute approximate surface area is 276 Å². The standard InChI is InChI=1S/C33H25ClIN3O7/c1-18(39)44-26-13-9-20(15-29(26)43-3)33(41)45-27-12-8-19(14-28(27)42-2)17-36-38-32(40)31-30(22-6-4-5-7-24(22)34)23-16-21(35)10-11-25(23)37-31/h4-17,37H,1-3H3,(H,38,40). The molecule has 1 amide bonds. The van der Waals surface area contributed by atoms with Gasteiger partial charge in [0.1, 0.15) is 5.69 Å². The summed E-state index contributed by atoms with van der Waals surface area (Å²) in [5, 5.41) is 5.51. The first-order valence-corrected chi connectivity index (χ1v) is 14.8.